The maximum absolute atomic E-state index is 5.30. The standard InChI is InChI=1S/C7H12N4O2/c1-7(12-2)3-11(4-7)6-10-9-5(8)13-6/h3-4H2,1-2H3,(H2,8,9). The summed E-state index contributed by atoms with van der Waals surface area (Å²) in [4.78, 5) is 1.92. The Morgan fingerprint density at radius 2 is 2.23 bits per heavy atom. The molecule has 0 unspecified atom stereocenters. The van der Waals surface area contributed by atoms with Crippen LogP contribution in [-0.4, -0.2) is 36.0 Å². The van der Waals surface area contributed by atoms with Gasteiger partial charge in [0.2, 0.25) is 0 Å². The molecule has 0 amide bonds. The number of hydrogen-bond donors (Lipinski definition) is 1. The second-order valence-electron chi connectivity index (χ2n) is 3.43. The topological polar surface area (TPSA) is 77.4 Å². The van der Waals surface area contributed by atoms with Crippen LogP contribution in [0, 0.1) is 0 Å². The van der Waals surface area contributed by atoms with Gasteiger partial charge in [-0.15, -0.1) is 0 Å². The van der Waals surface area contributed by atoms with Crippen LogP contribution in [0.15, 0.2) is 4.42 Å². The highest BCUT2D eigenvalue weighted by Crippen LogP contribution is 2.28. The highest BCUT2D eigenvalue weighted by molar-refractivity contribution is 5.35. The van der Waals surface area contributed by atoms with Crippen molar-refractivity contribution >= 4 is 12.0 Å². The van der Waals surface area contributed by atoms with E-state index in [4.69, 9.17) is 14.9 Å². The summed E-state index contributed by atoms with van der Waals surface area (Å²) < 4.78 is 10.3. The monoisotopic (exact) mass is 184 g/mol. The Kier molecular flexibility index (Phi) is 1.66. The second kappa shape index (κ2) is 2.59. The zero-order chi connectivity index (χ0) is 9.47. The molecule has 13 heavy (non-hydrogen) atoms. The molecule has 0 spiro atoms. The van der Waals surface area contributed by atoms with Crippen LogP contribution in [0.5, 0.6) is 0 Å². The van der Waals surface area contributed by atoms with Crippen molar-refractivity contribution in [3.05, 3.63) is 0 Å². The SMILES string of the molecule is COC1(C)CN(c2nnc(N)o2)C1. The van der Waals surface area contributed by atoms with E-state index in [0.29, 0.717) is 6.01 Å². The van der Waals surface area contributed by atoms with E-state index in [1.54, 1.807) is 7.11 Å². The average Bonchev–Trinajstić information content (AvgIpc) is 2.46. The Balaban J connectivity index is 2.01. The molecule has 0 aromatic carbocycles. The Hall–Kier alpha value is -1.30. The van der Waals surface area contributed by atoms with Crippen molar-refractivity contribution in [3.63, 3.8) is 0 Å². The summed E-state index contributed by atoms with van der Waals surface area (Å²) in [6, 6.07) is 0.563. The second-order valence-corrected chi connectivity index (χ2v) is 3.43. The van der Waals surface area contributed by atoms with E-state index < -0.39 is 0 Å². The summed E-state index contributed by atoms with van der Waals surface area (Å²) in [6.45, 7) is 3.54. The first-order valence-corrected chi connectivity index (χ1v) is 4.02. The Bertz CT molecular complexity index is 305. The molecule has 2 rings (SSSR count). The zero-order valence-electron chi connectivity index (χ0n) is 7.65. The highest BCUT2D eigenvalue weighted by atomic mass is 16.5. The fraction of sp³-hybridized carbons (Fsp3) is 0.714. The van der Waals surface area contributed by atoms with Gasteiger partial charge in [0, 0.05) is 7.11 Å². The Morgan fingerprint density at radius 3 is 2.69 bits per heavy atom. The molecule has 1 aliphatic rings. The lowest BCUT2D eigenvalue weighted by molar-refractivity contribution is -0.0190. The molecular weight excluding hydrogens is 172 g/mol. The van der Waals surface area contributed by atoms with E-state index in [1.807, 2.05) is 11.8 Å². The number of nitrogens with two attached hydrogens (primary N) is 1. The first-order valence-electron chi connectivity index (χ1n) is 4.02. The van der Waals surface area contributed by atoms with Crippen LogP contribution in [0.1, 0.15) is 6.92 Å². The maximum atomic E-state index is 5.30. The molecule has 0 radical (unpaired) electrons. The molecule has 1 aromatic heterocycles. The van der Waals surface area contributed by atoms with Gasteiger partial charge in [0.05, 0.1) is 13.1 Å². The van der Waals surface area contributed by atoms with E-state index in [2.05, 4.69) is 10.2 Å². The van der Waals surface area contributed by atoms with Crippen molar-refractivity contribution in [1.29, 1.82) is 0 Å². The predicted molar refractivity (Wildman–Crippen MR) is 46.3 cm³/mol. The van der Waals surface area contributed by atoms with Crippen LogP contribution in [-0.2, 0) is 4.74 Å². The Labute approximate surface area is 75.7 Å². The van der Waals surface area contributed by atoms with Gasteiger partial charge < -0.3 is 19.8 Å². The molecule has 6 nitrogen and oxygen atoms in total. The number of rotatable bonds is 2. The smallest absolute Gasteiger partial charge is 0.319 e. The predicted octanol–water partition coefficient (Wildman–Crippen LogP) is -0.123. The minimum Gasteiger partial charge on any atom is -0.390 e. The van der Waals surface area contributed by atoms with Crippen molar-refractivity contribution < 1.29 is 9.15 Å². The molecule has 2 N–H and O–H groups in total. The van der Waals surface area contributed by atoms with Crippen molar-refractivity contribution in [2.24, 2.45) is 0 Å². The number of methoxy groups -OCH3 is 1. The van der Waals surface area contributed by atoms with Crippen molar-refractivity contribution in [3.8, 4) is 0 Å². The van der Waals surface area contributed by atoms with Gasteiger partial charge in [-0.2, -0.15) is 0 Å². The zero-order valence-corrected chi connectivity index (χ0v) is 7.65. The highest BCUT2D eigenvalue weighted by Gasteiger charge is 2.41. The quantitative estimate of drug-likeness (QED) is 0.690. The van der Waals surface area contributed by atoms with E-state index >= 15 is 0 Å². The van der Waals surface area contributed by atoms with Gasteiger partial charge >= 0.3 is 12.0 Å². The molecule has 1 aliphatic heterocycles. The van der Waals surface area contributed by atoms with E-state index in [0.717, 1.165) is 13.1 Å². The molecule has 72 valence electrons. The van der Waals surface area contributed by atoms with Gasteiger partial charge in [-0.05, 0) is 6.92 Å². The van der Waals surface area contributed by atoms with Gasteiger partial charge in [-0.25, -0.2) is 0 Å². The van der Waals surface area contributed by atoms with Gasteiger partial charge in [-0.3, -0.25) is 0 Å². The molecular formula is C7H12N4O2. The summed E-state index contributed by atoms with van der Waals surface area (Å²) in [5.74, 6) is 0. The summed E-state index contributed by atoms with van der Waals surface area (Å²) in [7, 11) is 1.69. The average molecular weight is 184 g/mol. The number of hydrogen-bond acceptors (Lipinski definition) is 6. The number of anilines is 2. The van der Waals surface area contributed by atoms with E-state index in [-0.39, 0.29) is 11.6 Å². The molecule has 1 saturated heterocycles. The third-order valence-electron chi connectivity index (χ3n) is 2.24. The van der Waals surface area contributed by atoms with Crippen LogP contribution in [0.25, 0.3) is 0 Å². The normalized spacial score (nSPS) is 20.0. The van der Waals surface area contributed by atoms with Crippen molar-refractivity contribution in [2.45, 2.75) is 12.5 Å². The van der Waals surface area contributed by atoms with Crippen LogP contribution in [0.3, 0.4) is 0 Å². The van der Waals surface area contributed by atoms with Gasteiger partial charge in [-0.1, -0.05) is 10.2 Å². The van der Waals surface area contributed by atoms with Gasteiger partial charge in [0.15, 0.2) is 0 Å². The molecule has 1 fully saturated rings. The van der Waals surface area contributed by atoms with E-state index in [1.165, 1.54) is 0 Å². The van der Waals surface area contributed by atoms with E-state index in [9.17, 15) is 0 Å². The fourth-order valence-electron chi connectivity index (χ4n) is 1.38. The third-order valence-corrected chi connectivity index (χ3v) is 2.24. The fourth-order valence-corrected chi connectivity index (χ4v) is 1.38. The molecule has 0 saturated carbocycles. The minimum absolute atomic E-state index is 0.0940. The summed E-state index contributed by atoms with van der Waals surface area (Å²) in [6.07, 6.45) is 0. The number of aromatic nitrogens is 2. The van der Waals surface area contributed by atoms with Crippen LogP contribution < -0.4 is 10.6 Å². The lowest BCUT2D eigenvalue weighted by Gasteiger charge is -2.45. The van der Waals surface area contributed by atoms with Gasteiger partial charge in [0.1, 0.15) is 5.60 Å². The molecule has 0 aliphatic carbocycles. The number of nitrogens with zero attached hydrogens (tertiary/aromatic N) is 3. The summed E-state index contributed by atoms with van der Waals surface area (Å²) in [5.41, 5.74) is 5.20. The molecule has 1 aromatic rings. The summed E-state index contributed by atoms with van der Waals surface area (Å²) in [5, 5.41) is 7.34. The van der Waals surface area contributed by atoms with Crippen LogP contribution in [0.4, 0.5) is 12.0 Å². The largest absolute Gasteiger partial charge is 0.390 e. The maximum Gasteiger partial charge on any atom is 0.319 e. The van der Waals surface area contributed by atoms with Crippen LogP contribution in [0.2, 0.25) is 0 Å². The Morgan fingerprint density at radius 1 is 1.54 bits per heavy atom. The summed E-state index contributed by atoms with van der Waals surface area (Å²) >= 11 is 0. The lowest BCUT2D eigenvalue weighted by atomic mass is 9.97. The molecule has 2 heterocycles. The molecule has 0 bridgehead atoms. The van der Waals surface area contributed by atoms with Crippen molar-refractivity contribution in [2.75, 3.05) is 30.8 Å². The first kappa shape index (κ1) is 8.31. The van der Waals surface area contributed by atoms with Gasteiger partial charge in [0.25, 0.3) is 0 Å². The lowest BCUT2D eigenvalue weighted by Crippen LogP contribution is -2.61. The van der Waals surface area contributed by atoms with Crippen molar-refractivity contribution in [1.82, 2.24) is 10.2 Å². The minimum atomic E-state index is -0.0940. The first-order chi connectivity index (χ1) is 6.13. The molecule has 0 atom stereocenters. The third kappa shape index (κ3) is 1.33. The van der Waals surface area contributed by atoms with Crippen LogP contribution >= 0.6 is 0 Å². The molecule has 6 heteroatoms. The number of ether oxygens (including phenoxy) is 1. The number of nitrogen functional groups attached to an aromatic ring is 1.